The standard InChI is InChI=1S/C20H24N2O3S/c1-25-16-12-17(15-7-3-2-4-8-15)26-19(16)20(24)22-11-5-6-14(13-22)9-10-18(21)23/h2-4,7-8,12,14H,5-6,9-11,13H2,1H3,(H2,21,23). The predicted octanol–water partition coefficient (Wildman–Crippen LogP) is 3.54. The molecule has 1 saturated heterocycles. The average Bonchev–Trinajstić information content (AvgIpc) is 3.11. The third-order valence-corrected chi connectivity index (χ3v) is 5.93. The largest absolute Gasteiger partial charge is 0.495 e. The monoisotopic (exact) mass is 372 g/mol. The van der Waals surface area contributed by atoms with Crippen LogP contribution in [0.15, 0.2) is 36.4 Å². The molecular weight excluding hydrogens is 348 g/mol. The molecule has 1 aromatic carbocycles. The lowest BCUT2D eigenvalue weighted by Crippen LogP contribution is -2.40. The van der Waals surface area contributed by atoms with Gasteiger partial charge in [-0.3, -0.25) is 9.59 Å². The number of benzene rings is 1. The number of carbonyl (C=O) groups excluding carboxylic acids is 2. The number of hydrogen-bond donors (Lipinski definition) is 1. The molecule has 1 fully saturated rings. The number of nitrogens with zero attached hydrogens (tertiary/aromatic N) is 1. The van der Waals surface area contributed by atoms with Crippen molar-refractivity contribution >= 4 is 23.2 Å². The second kappa shape index (κ2) is 8.36. The number of primary amides is 1. The summed E-state index contributed by atoms with van der Waals surface area (Å²) in [5.41, 5.74) is 6.33. The predicted molar refractivity (Wildman–Crippen MR) is 103 cm³/mol. The van der Waals surface area contributed by atoms with Gasteiger partial charge in [0.1, 0.15) is 10.6 Å². The van der Waals surface area contributed by atoms with E-state index < -0.39 is 0 Å². The van der Waals surface area contributed by atoms with Crippen LogP contribution in [0.2, 0.25) is 0 Å². The third kappa shape index (κ3) is 4.25. The lowest BCUT2D eigenvalue weighted by Gasteiger charge is -2.32. The fourth-order valence-electron chi connectivity index (χ4n) is 3.39. The molecule has 6 heteroatoms. The van der Waals surface area contributed by atoms with Crippen LogP contribution < -0.4 is 10.5 Å². The number of carbonyl (C=O) groups is 2. The minimum absolute atomic E-state index is 0.0119. The highest BCUT2D eigenvalue weighted by atomic mass is 32.1. The molecule has 1 aliphatic heterocycles. The Morgan fingerprint density at radius 1 is 1.31 bits per heavy atom. The first-order chi connectivity index (χ1) is 12.6. The maximum absolute atomic E-state index is 13.1. The van der Waals surface area contributed by atoms with Gasteiger partial charge in [0.15, 0.2) is 0 Å². The normalized spacial score (nSPS) is 17.1. The van der Waals surface area contributed by atoms with E-state index >= 15 is 0 Å². The van der Waals surface area contributed by atoms with E-state index in [1.807, 2.05) is 41.3 Å². The molecular formula is C20H24N2O3S. The van der Waals surface area contributed by atoms with Gasteiger partial charge >= 0.3 is 0 Å². The zero-order valence-corrected chi connectivity index (χ0v) is 15.8. The molecule has 1 aliphatic rings. The highest BCUT2D eigenvalue weighted by Gasteiger charge is 2.28. The Bertz CT molecular complexity index is 773. The SMILES string of the molecule is COc1cc(-c2ccccc2)sc1C(=O)N1CCCC(CCC(N)=O)C1. The smallest absolute Gasteiger partial charge is 0.267 e. The maximum atomic E-state index is 13.1. The van der Waals surface area contributed by atoms with Crippen molar-refractivity contribution in [3.8, 4) is 16.2 Å². The van der Waals surface area contributed by atoms with E-state index in [1.54, 1.807) is 7.11 Å². The molecule has 138 valence electrons. The molecule has 3 rings (SSSR count). The van der Waals surface area contributed by atoms with E-state index in [-0.39, 0.29) is 11.8 Å². The van der Waals surface area contributed by atoms with Crippen LogP contribution in [-0.2, 0) is 4.79 Å². The minimum Gasteiger partial charge on any atom is -0.495 e. The van der Waals surface area contributed by atoms with Gasteiger partial charge in [0, 0.05) is 24.4 Å². The molecule has 0 spiro atoms. The second-order valence-corrected chi connectivity index (χ2v) is 7.69. The molecule has 1 aromatic heterocycles. The van der Waals surface area contributed by atoms with E-state index in [2.05, 4.69) is 0 Å². The van der Waals surface area contributed by atoms with Crippen LogP contribution in [0, 0.1) is 5.92 Å². The van der Waals surface area contributed by atoms with Crippen molar-refractivity contribution in [3.63, 3.8) is 0 Å². The van der Waals surface area contributed by atoms with Crippen molar-refractivity contribution in [2.45, 2.75) is 25.7 Å². The van der Waals surface area contributed by atoms with Crippen LogP contribution in [-0.4, -0.2) is 36.9 Å². The highest BCUT2D eigenvalue weighted by molar-refractivity contribution is 7.17. The molecule has 0 saturated carbocycles. The molecule has 0 bridgehead atoms. The van der Waals surface area contributed by atoms with E-state index in [0.717, 1.165) is 36.2 Å². The van der Waals surface area contributed by atoms with Crippen molar-refractivity contribution in [2.75, 3.05) is 20.2 Å². The third-order valence-electron chi connectivity index (χ3n) is 4.78. The summed E-state index contributed by atoms with van der Waals surface area (Å²) in [6.45, 7) is 1.42. The van der Waals surface area contributed by atoms with Gasteiger partial charge in [-0.2, -0.15) is 0 Å². The average molecular weight is 372 g/mol. The maximum Gasteiger partial charge on any atom is 0.267 e. The Balaban J connectivity index is 1.76. The number of likely N-dealkylation sites (tertiary alicyclic amines) is 1. The number of piperidine rings is 1. The molecule has 26 heavy (non-hydrogen) atoms. The van der Waals surface area contributed by atoms with Gasteiger partial charge in [-0.15, -0.1) is 11.3 Å². The Morgan fingerprint density at radius 3 is 2.77 bits per heavy atom. The summed E-state index contributed by atoms with van der Waals surface area (Å²) >= 11 is 1.47. The van der Waals surface area contributed by atoms with Crippen molar-refractivity contribution in [1.82, 2.24) is 4.90 Å². The van der Waals surface area contributed by atoms with Crippen LogP contribution in [0.25, 0.3) is 10.4 Å². The molecule has 2 amide bonds. The molecule has 0 aliphatic carbocycles. The summed E-state index contributed by atoms with van der Waals surface area (Å²) in [6.07, 6.45) is 3.12. The van der Waals surface area contributed by atoms with Gasteiger partial charge in [0.2, 0.25) is 5.91 Å². The highest BCUT2D eigenvalue weighted by Crippen LogP contribution is 2.37. The first kappa shape index (κ1) is 18.5. The molecule has 1 unspecified atom stereocenters. The van der Waals surface area contributed by atoms with Crippen molar-refractivity contribution in [2.24, 2.45) is 11.7 Å². The van der Waals surface area contributed by atoms with Gasteiger partial charge in [-0.25, -0.2) is 0 Å². The van der Waals surface area contributed by atoms with E-state index in [4.69, 9.17) is 10.5 Å². The number of hydrogen-bond acceptors (Lipinski definition) is 4. The first-order valence-corrected chi connectivity index (χ1v) is 9.71. The van der Waals surface area contributed by atoms with E-state index in [1.165, 1.54) is 11.3 Å². The van der Waals surface area contributed by atoms with Gasteiger partial charge in [-0.1, -0.05) is 30.3 Å². The molecule has 5 nitrogen and oxygen atoms in total. The fraction of sp³-hybridized carbons (Fsp3) is 0.400. The van der Waals surface area contributed by atoms with E-state index in [9.17, 15) is 9.59 Å². The zero-order valence-electron chi connectivity index (χ0n) is 14.9. The van der Waals surface area contributed by atoms with E-state index in [0.29, 0.717) is 29.5 Å². The quantitative estimate of drug-likeness (QED) is 0.843. The van der Waals surface area contributed by atoms with Crippen molar-refractivity contribution < 1.29 is 14.3 Å². The summed E-state index contributed by atoms with van der Waals surface area (Å²) in [5, 5.41) is 0. The number of methoxy groups -OCH3 is 1. The summed E-state index contributed by atoms with van der Waals surface area (Å²) < 4.78 is 5.47. The number of thiophene rings is 1. The summed E-state index contributed by atoms with van der Waals surface area (Å²) in [4.78, 5) is 27.6. The fourth-order valence-corrected chi connectivity index (χ4v) is 4.49. The minimum atomic E-state index is -0.277. The number of amides is 2. The Kier molecular flexibility index (Phi) is 5.93. The first-order valence-electron chi connectivity index (χ1n) is 8.89. The molecule has 2 heterocycles. The topological polar surface area (TPSA) is 72.6 Å². The number of ether oxygens (including phenoxy) is 1. The van der Waals surface area contributed by atoms with Crippen molar-refractivity contribution in [1.29, 1.82) is 0 Å². The van der Waals surface area contributed by atoms with Crippen LogP contribution >= 0.6 is 11.3 Å². The van der Waals surface area contributed by atoms with Crippen molar-refractivity contribution in [3.05, 3.63) is 41.3 Å². The zero-order chi connectivity index (χ0) is 18.5. The summed E-state index contributed by atoms with van der Waals surface area (Å²) in [5.74, 6) is 0.691. The van der Waals surface area contributed by atoms with Crippen LogP contribution in [0.4, 0.5) is 0 Å². The van der Waals surface area contributed by atoms with Gasteiger partial charge in [0.25, 0.3) is 5.91 Å². The Morgan fingerprint density at radius 2 is 2.08 bits per heavy atom. The van der Waals surface area contributed by atoms with Gasteiger partial charge in [0.05, 0.1) is 7.11 Å². The van der Waals surface area contributed by atoms with Crippen LogP contribution in [0.5, 0.6) is 5.75 Å². The van der Waals surface area contributed by atoms with Gasteiger partial charge in [-0.05, 0) is 36.8 Å². The number of rotatable bonds is 6. The molecule has 1 atom stereocenters. The second-order valence-electron chi connectivity index (χ2n) is 6.64. The Labute approximate surface area is 157 Å². The lowest BCUT2D eigenvalue weighted by molar-refractivity contribution is -0.118. The molecule has 0 radical (unpaired) electrons. The molecule has 2 N–H and O–H groups in total. The van der Waals surface area contributed by atoms with Gasteiger partial charge < -0.3 is 15.4 Å². The number of nitrogens with two attached hydrogens (primary N) is 1. The van der Waals surface area contributed by atoms with Crippen LogP contribution in [0.3, 0.4) is 0 Å². The molecule has 2 aromatic rings. The van der Waals surface area contributed by atoms with Crippen LogP contribution in [0.1, 0.15) is 35.4 Å². The Hall–Kier alpha value is -2.34. The summed E-state index contributed by atoms with van der Waals surface area (Å²) in [7, 11) is 1.60. The lowest BCUT2D eigenvalue weighted by atomic mass is 9.93. The summed E-state index contributed by atoms with van der Waals surface area (Å²) in [6, 6.07) is 11.9.